The number of hydrogen-bond donors (Lipinski definition) is 0. The number of thioether (sulfide) groups is 1. The van der Waals surface area contributed by atoms with Gasteiger partial charge in [-0.1, -0.05) is 31.0 Å². The van der Waals surface area contributed by atoms with Crippen molar-refractivity contribution in [3.8, 4) is 0 Å². The molecule has 128 valence electrons. The zero-order valence-electron chi connectivity index (χ0n) is 13.5. The van der Waals surface area contributed by atoms with Crippen LogP contribution in [0, 0.1) is 0 Å². The molecule has 2 aliphatic rings. The summed E-state index contributed by atoms with van der Waals surface area (Å²) in [7, 11) is 0. The van der Waals surface area contributed by atoms with Crippen LogP contribution in [-0.2, 0) is 16.1 Å². The molecule has 2 saturated heterocycles. The molecule has 23 heavy (non-hydrogen) atoms. The van der Waals surface area contributed by atoms with Crippen molar-refractivity contribution in [1.29, 1.82) is 0 Å². The van der Waals surface area contributed by atoms with Crippen molar-refractivity contribution in [2.75, 3.05) is 25.4 Å². The summed E-state index contributed by atoms with van der Waals surface area (Å²) < 4.78 is 7.39. The molecule has 2 aliphatic heterocycles. The van der Waals surface area contributed by atoms with Crippen LogP contribution in [0.5, 0.6) is 0 Å². The van der Waals surface area contributed by atoms with Gasteiger partial charge in [-0.3, -0.25) is 4.79 Å². The van der Waals surface area contributed by atoms with Crippen molar-refractivity contribution >= 4 is 17.7 Å². The second-order valence-corrected chi connectivity index (χ2v) is 7.16. The summed E-state index contributed by atoms with van der Waals surface area (Å²) in [5.74, 6) is 0.606. The number of nitrogens with zero attached hydrogens (tertiary/aromatic N) is 5. The van der Waals surface area contributed by atoms with Crippen LogP contribution >= 0.6 is 11.8 Å². The lowest BCUT2D eigenvalue weighted by atomic mass is 10.1. The third-order valence-electron chi connectivity index (χ3n) is 4.43. The first-order valence-electron chi connectivity index (χ1n) is 8.61. The average molecular weight is 339 g/mol. The highest BCUT2D eigenvalue weighted by Crippen LogP contribution is 2.19. The van der Waals surface area contributed by atoms with Gasteiger partial charge in [0, 0.05) is 19.7 Å². The number of rotatable bonds is 5. The van der Waals surface area contributed by atoms with E-state index >= 15 is 0 Å². The van der Waals surface area contributed by atoms with Gasteiger partial charge >= 0.3 is 0 Å². The van der Waals surface area contributed by atoms with Crippen LogP contribution in [0.15, 0.2) is 5.16 Å². The van der Waals surface area contributed by atoms with E-state index in [0.29, 0.717) is 17.5 Å². The number of carbonyl (C=O) groups is 1. The third kappa shape index (κ3) is 4.91. The summed E-state index contributed by atoms with van der Waals surface area (Å²) in [4.78, 5) is 14.4. The van der Waals surface area contributed by atoms with E-state index < -0.39 is 0 Å². The van der Waals surface area contributed by atoms with E-state index in [2.05, 4.69) is 15.5 Å². The number of aromatic nitrogens is 4. The molecule has 1 aromatic heterocycles. The summed E-state index contributed by atoms with van der Waals surface area (Å²) in [6, 6.07) is 0. The SMILES string of the molecule is O=C(CSc1nnnn1CC1CCCO1)N1CCCCCCC1. The Labute approximate surface area is 141 Å². The molecule has 1 atom stereocenters. The molecule has 0 saturated carbocycles. The van der Waals surface area contributed by atoms with E-state index in [1.807, 2.05) is 4.90 Å². The maximum absolute atomic E-state index is 12.4. The average Bonchev–Trinajstić information content (AvgIpc) is 3.17. The fourth-order valence-electron chi connectivity index (χ4n) is 3.11. The molecule has 1 aromatic rings. The number of ether oxygens (including phenoxy) is 1. The van der Waals surface area contributed by atoms with Gasteiger partial charge in [0.05, 0.1) is 18.4 Å². The van der Waals surface area contributed by atoms with E-state index in [1.165, 1.54) is 31.0 Å². The van der Waals surface area contributed by atoms with Crippen molar-refractivity contribution in [1.82, 2.24) is 25.1 Å². The molecule has 1 amide bonds. The summed E-state index contributed by atoms with van der Waals surface area (Å²) >= 11 is 1.43. The Hall–Kier alpha value is -1.15. The minimum absolute atomic E-state index is 0.197. The molecule has 0 bridgehead atoms. The second kappa shape index (κ2) is 8.63. The van der Waals surface area contributed by atoms with Crippen LogP contribution in [0.3, 0.4) is 0 Å². The Morgan fingerprint density at radius 2 is 1.96 bits per heavy atom. The van der Waals surface area contributed by atoms with Crippen LogP contribution < -0.4 is 0 Å². The van der Waals surface area contributed by atoms with Gasteiger partial charge < -0.3 is 9.64 Å². The first kappa shape index (κ1) is 16.7. The molecule has 0 aliphatic carbocycles. The fourth-order valence-corrected chi connectivity index (χ4v) is 3.90. The molecule has 1 unspecified atom stereocenters. The highest BCUT2D eigenvalue weighted by Gasteiger charge is 2.20. The molecule has 0 N–H and O–H groups in total. The van der Waals surface area contributed by atoms with Gasteiger partial charge in [0.2, 0.25) is 11.1 Å². The molecular formula is C15H25N5O2S. The lowest BCUT2D eigenvalue weighted by molar-refractivity contribution is -0.128. The summed E-state index contributed by atoms with van der Waals surface area (Å²) in [5, 5.41) is 12.5. The number of tetrazole rings is 1. The van der Waals surface area contributed by atoms with E-state index in [1.54, 1.807) is 4.68 Å². The van der Waals surface area contributed by atoms with E-state index in [4.69, 9.17) is 4.74 Å². The zero-order chi connectivity index (χ0) is 15.9. The Morgan fingerprint density at radius 3 is 2.70 bits per heavy atom. The maximum atomic E-state index is 12.4. The van der Waals surface area contributed by atoms with Gasteiger partial charge in [-0.25, -0.2) is 4.68 Å². The van der Waals surface area contributed by atoms with Gasteiger partial charge in [-0.05, 0) is 36.1 Å². The predicted molar refractivity (Wildman–Crippen MR) is 87.2 cm³/mol. The highest BCUT2D eigenvalue weighted by molar-refractivity contribution is 7.99. The molecule has 0 spiro atoms. The molecular weight excluding hydrogens is 314 g/mol. The van der Waals surface area contributed by atoms with Gasteiger partial charge in [0.1, 0.15) is 0 Å². The Bertz CT molecular complexity index is 496. The van der Waals surface area contributed by atoms with Crippen molar-refractivity contribution in [2.45, 2.75) is 62.8 Å². The first-order valence-corrected chi connectivity index (χ1v) is 9.60. The Balaban J connectivity index is 1.49. The Morgan fingerprint density at radius 1 is 1.17 bits per heavy atom. The molecule has 3 heterocycles. The predicted octanol–water partition coefficient (Wildman–Crippen LogP) is 1.74. The van der Waals surface area contributed by atoms with Crippen molar-refractivity contribution in [3.63, 3.8) is 0 Å². The van der Waals surface area contributed by atoms with Crippen LogP contribution in [0.2, 0.25) is 0 Å². The van der Waals surface area contributed by atoms with E-state index in [-0.39, 0.29) is 12.0 Å². The smallest absolute Gasteiger partial charge is 0.233 e. The van der Waals surface area contributed by atoms with Crippen LogP contribution in [0.25, 0.3) is 0 Å². The third-order valence-corrected chi connectivity index (χ3v) is 5.38. The zero-order valence-corrected chi connectivity index (χ0v) is 14.3. The highest BCUT2D eigenvalue weighted by atomic mass is 32.2. The maximum Gasteiger partial charge on any atom is 0.233 e. The van der Waals surface area contributed by atoms with Gasteiger partial charge in [0.25, 0.3) is 0 Å². The standard InChI is InChI=1S/C15H25N5O2S/c21-14(19-8-4-2-1-3-5-9-19)12-23-15-16-17-18-20(15)11-13-7-6-10-22-13/h13H,1-12H2. The van der Waals surface area contributed by atoms with Gasteiger partial charge in [0.15, 0.2) is 0 Å². The lowest BCUT2D eigenvalue weighted by Crippen LogP contribution is -2.35. The van der Waals surface area contributed by atoms with Crippen LogP contribution in [0.4, 0.5) is 0 Å². The summed E-state index contributed by atoms with van der Waals surface area (Å²) in [6.45, 7) is 3.27. The Kier molecular flexibility index (Phi) is 6.27. The van der Waals surface area contributed by atoms with E-state index in [9.17, 15) is 4.79 Å². The van der Waals surface area contributed by atoms with Crippen LogP contribution in [-0.4, -0.2) is 62.6 Å². The molecule has 3 rings (SSSR count). The summed E-state index contributed by atoms with van der Waals surface area (Å²) in [6.07, 6.45) is 8.35. The second-order valence-electron chi connectivity index (χ2n) is 6.22. The molecule has 0 radical (unpaired) electrons. The molecule has 7 nitrogen and oxygen atoms in total. The minimum atomic E-state index is 0.197. The van der Waals surface area contributed by atoms with Crippen LogP contribution in [0.1, 0.15) is 44.9 Å². The van der Waals surface area contributed by atoms with Crippen molar-refractivity contribution in [2.24, 2.45) is 0 Å². The number of amides is 1. The van der Waals surface area contributed by atoms with E-state index in [0.717, 1.165) is 45.4 Å². The van der Waals surface area contributed by atoms with Gasteiger partial charge in [-0.2, -0.15) is 0 Å². The monoisotopic (exact) mass is 339 g/mol. The molecule has 8 heteroatoms. The normalized spacial score (nSPS) is 22.8. The topological polar surface area (TPSA) is 73.1 Å². The lowest BCUT2D eigenvalue weighted by Gasteiger charge is -2.24. The number of hydrogen-bond acceptors (Lipinski definition) is 6. The number of carbonyl (C=O) groups excluding carboxylic acids is 1. The van der Waals surface area contributed by atoms with Crippen molar-refractivity contribution < 1.29 is 9.53 Å². The molecule has 2 fully saturated rings. The first-order chi connectivity index (χ1) is 11.3. The quantitative estimate of drug-likeness (QED) is 0.761. The largest absolute Gasteiger partial charge is 0.376 e. The molecule has 0 aromatic carbocycles. The fraction of sp³-hybridized carbons (Fsp3) is 0.867. The summed E-state index contributed by atoms with van der Waals surface area (Å²) in [5.41, 5.74) is 0. The minimum Gasteiger partial charge on any atom is -0.376 e. The van der Waals surface area contributed by atoms with Crippen molar-refractivity contribution in [3.05, 3.63) is 0 Å². The van der Waals surface area contributed by atoms with Gasteiger partial charge in [-0.15, -0.1) is 5.10 Å². The number of likely N-dealkylation sites (tertiary alicyclic amines) is 1.